The van der Waals surface area contributed by atoms with Gasteiger partial charge in [-0.3, -0.25) is 4.98 Å². The molecule has 3 heteroatoms. The summed E-state index contributed by atoms with van der Waals surface area (Å²) >= 11 is 0. The predicted molar refractivity (Wildman–Crippen MR) is 155 cm³/mol. The summed E-state index contributed by atoms with van der Waals surface area (Å²) in [4.78, 5) is 5.07. The second-order valence-electron chi connectivity index (χ2n) is 10.4. The van der Waals surface area contributed by atoms with Crippen LogP contribution < -0.4 is 25.9 Å². The Morgan fingerprint density at radius 1 is 0.543 bits per heavy atom. The van der Waals surface area contributed by atoms with Gasteiger partial charge in [-0.05, 0) is 43.1 Å². The molecule has 170 valence electrons. The molecule has 0 saturated carbocycles. The van der Waals surface area contributed by atoms with Crippen LogP contribution in [-0.4, -0.2) is 21.1 Å². The first kappa shape index (κ1) is 22.0. The quantitative estimate of drug-likeness (QED) is 0.333. The van der Waals surface area contributed by atoms with Crippen molar-refractivity contribution in [1.82, 2.24) is 4.98 Å². The van der Waals surface area contributed by atoms with E-state index in [0.717, 1.165) is 5.69 Å². The van der Waals surface area contributed by atoms with Gasteiger partial charge in [0.15, 0.2) is 8.07 Å². The van der Waals surface area contributed by atoms with Gasteiger partial charge in [0.25, 0.3) is 0 Å². The zero-order valence-electron chi connectivity index (χ0n) is 20.5. The van der Waals surface area contributed by atoms with Crippen molar-refractivity contribution >= 4 is 42.1 Å². The van der Waals surface area contributed by atoms with Crippen LogP contribution in [0, 0.1) is 0 Å². The third-order valence-corrected chi connectivity index (χ3v) is 14.3. The number of hydrogen-bond acceptors (Lipinski definition) is 1. The summed E-state index contributed by atoms with van der Waals surface area (Å²) in [5, 5.41) is 7.17. The topological polar surface area (TPSA) is 12.9 Å². The predicted octanol–water partition coefficient (Wildman–Crippen LogP) is 4.65. The fourth-order valence-electron chi connectivity index (χ4n) is 5.71. The number of fused-ring (bicyclic) bond motifs is 3. The van der Waals surface area contributed by atoms with Crippen LogP contribution in [0.15, 0.2) is 121 Å². The maximum absolute atomic E-state index is 5.07. The summed E-state index contributed by atoms with van der Waals surface area (Å²) in [5.41, 5.74) is 5.05. The number of rotatable bonds is 4. The highest BCUT2D eigenvalue weighted by Gasteiger charge is 2.49. The fourth-order valence-corrected chi connectivity index (χ4v) is 12.1. The van der Waals surface area contributed by atoms with Crippen molar-refractivity contribution in [2.24, 2.45) is 0 Å². The minimum atomic E-state index is -2.53. The Balaban J connectivity index is 1.72. The van der Waals surface area contributed by atoms with Gasteiger partial charge in [0.05, 0.1) is 13.8 Å². The zero-order chi connectivity index (χ0) is 24.0. The van der Waals surface area contributed by atoms with Gasteiger partial charge in [0.1, 0.15) is 0 Å². The van der Waals surface area contributed by atoms with Gasteiger partial charge in [-0.15, -0.1) is 0 Å². The van der Waals surface area contributed by atoms with Gasteiger partial charge in [0, 0.05) is 11.8 Å². The Morgan fingerprint density at radius 2 is 1.11 bits per heavy atom. The van der Waals surface area contributed by atoms with Gasteiger partial charge in [-0.1, -0.05) is 129 Å². The molecule has 35 heavy (non-hydrogen) atoms. The highest BCUT2D eigenvalue weighted by Crippen LogP contribution is 2.32. The van der Waals surface area contributed by atoms with Crippen LogP contribution >= 0.6 is 0 Å². The molecule has 0 N–H and O–H groups in total. The molecule has 0 atom stereocenters. The van der Waals surface area contributed by atoms with Crippen molar-refractivity contribution in [3.63, 3.8) is 0 Å². The molecular formula is C32H29NSi2. The van der Waals surface area contributed by atoms with Crippen molar-refractivity contribution in [2.45, 2.75) is 19.6 Å². The number of aromatic nitrogens is 1. The van der Waals surface area contributed by atoms with Crippen molar-refractivity contribution in [1.29, 1.82) is 0 Å². The van der Waals surface area contributed by atoms with Gasteiger partial charge >= 0.3 is 0 Å². The van der Waals surface area contributed by atoms with Crippen molar-refractivity contribution in [2.75, 3.05) is 0 Å². The first-order valence-electron chi connectivity index (χ1n) is 12.3. The average molecular weight is 484 g/mol. The lowest BCUT2D eigenvalue weighted by atomic mass is 10.0. The van der Waals surface area contributed by atoms with Crippen molar-refractivity contribution < 1.29 is 0 Å². The lowest BCUT2D eigenvalue weighted by Crippen LogP contribution is -2.73. The van der Waals surface area contributed by atoms with Crippen LogP contribution in [0.2, 0.25) is 19.6 Å². The molecule has 1 aliphatic rings. The second kappa shape index (κ2) is 8.30. The Hall–Kier alpha value is -3.54. The van der Waals surface area contributed by atoms with Gasteiger partial charge in [-0.25, -0.2) is 0 Å². The van der Waals surface area contributed by atoms with E-state index >= 15 is 0 Å². The van der Waals surface area contributed by atoms with Gasteiger partial charge < -0.3 is 0 Å². The second-order valence-corrected chi connectivity index (χ2v) is 19.2. The van der Waals surface area contributed by atoms with Crippen molar-refractivity contribution in [3.05, 3.63) is 121 Å². The summed E-state index contributed by atoms with van der Waals surface area (Å²) in [6.45, 7) is 7.13. The molecule has 0 aliphatic carbocycles. The number of benzene rings is 4. The van der Waals surface area contributed by atoms with Crippen molar-refractivity contribution in [3.8, 4) is 22.4 Å². The van der Waals surface area contributed by atoms with E-state index in [1.807, 2.05) is 0 Å². The minimum Gasteiger partial charge on any atom is -0.256 e. The van der Waals surface area contributed by atoms with Crippen LogP contribution in [0.1, 0.15) is 0 Å². The van der Waals surface area contributed by atoms with E-state index in [1.54, 1.807) is 0 Å². The highest BCUT2D eigenvalue weighted by atomic mass is 28.3. The van der Waals surface area contributed by atoms with E-state index < -0.39 is 16.1 Å². The molecule has 0 bridgehead atoms. The van der Waals surface area contributed by atoms with Gasteiger partial charge in [-0.2, -0.15) is 0 Å². The van der Waals surface area contributed by atoms with Crippen LogP contribution in [0.25, 0.3) is 22.4 Å². The average Bonchev–Trinajstić information content (AvgIpc) is 3.21. The van der Waals surface area contributed by atoms with E-state index in [-0.39, 0.29) is 0 Å². The van der Waals surface area contributed by atoms with Crippen LogP contribution in [0.3, 0.4) is 0 Å². The summed E-state index contributed by atoms with van der Waals surface area (Å²) in [6, 6.07) is 42.8. The molecule has 1 aliphatic heterocycles. The minimum absolute atomic E-state index is 1.07. The number of pyridine rings is 1. The SMILES string of the molecule is C[Si](C)(C)c1ccc(-c2cccc3c2[Si](c2ccccc2)(c2ccccc2)c2ccccc2-3)nc1. The zero-order valence-corrected chi connectivity index (χ0v) is 22.5. The fraction of sp³-hybridized carbons (Fsp3) is 0.0938. The molecule has 0 unspecified atom stereocenters. The lowest BCUT2D eigenvalue weighted by molar-refractivity contribution is 1.34. The Labute approximate surface area is 210 Å². The van der Waals surface area contributed by atoms with Crippen LogP contribution in [0.4, 0.5) is 0 Å². The third kappa shape index (κ3) is 3.38. The first-order valence-corrected chi connectivity index (χ1v) is 17.8. The summed E-state index contributed by atoms with van der Waals surface area (Å²) in [7, 11) is -3.95. The molecule has 0 radical (unpaired) electrons. The lowest BCUT2D eigenvalue weighted by Gasteiger charge is -2.32. The number of hydrogen-bond donors (Lipinski definition) is 0. The monoisotopic (exact) mass is 483 g/mol. The molecule has 1 nitrogen and oxygen atoms in total. The molecule has 0 fully saturated rings. The van der Waals surface area contributed by atoms with E-state index in [1.165, 1.54) is 42.6 Å². The summed E-state index contributed by atoms with van der Waals surface area (Å²) < 4.78 is 0. The maximum Gasteiger partial charge on any atom is 0.181 e. The first-order chi connectivity index (χ1) is 17.0. The molecular weight excluding hydrogens is 455 g/mol. The molecule has 5 aromatic rings. The molecule has 0 saturated heterocycles. The van der Waals surface area contributed by atoms with E-state index in [0.29, 0.717) is 0 Å². The molecule has 0 amide bonds. The smallest absolute Gasteiger partial charge is 0.181 e. The van der Waals surface area contributed by atoms with E-state index in [2.05, 4.69) is 141 Å². The molecule has 6 rings (SSSR count). The Morgan fingerprint density at radius 3 is 1.71 bits per heavy atom. The Kier molecular flexibility index (Phi) is 5.20. The van der Waals surface area contributed by atoms with Crippen LogP contribution in [-0.2, 0) is 0 Å². The molecule has 2 heterocycles. The largest absolute Gasteiger partial charge is 0.256 e. The normalized spacial score (nSPS) is 13.8. The Bertz CT molecular complexity index is 1460. The van der Waals surface area contributed by atoms with E-state index in [9.17, 15) is 0 Å². The maximum atomic E-state index is 5.07. The van der Waals surface area contributed by atoms with Gasteiger partial charge in [0.2, 0.25) is 0 Å². The summed E-state index contributed by atoms with van der Waals surface area (Å²) in [5.74, 6) is 0. The van der Waals surface area contributed by atoms with E-state index in [4.69, 9.17) is 4.98 Å². The molecule has 1 aromatic heterocycles. The number of nitrogens with zero attached hydrogens (tertiary/aromatic N) is 1. The molecule has 4 aromatic carbocycles. The third-order valence-electron chi connectivity index (χ3n) is 7.38. The van der Waals surface area contributed by atoms with Crippen LogP contribution in [0.5, 0.6) is 0 Å². The summed E-state index contributed by atoms with van der Waals surface area (Å²) in [6.07, 6.45) is 2.12. The highest BCUT2D eigenvalue weighted by molar-refractivity contribution is 7.22. The molecule has 0 spiro atoms. The standard InChI is InChI=1S/C32H29NSi2/c1-34(2,3)26-21-22-30(33-23-26)29-19-12-18-28-27-17-10-11-20-31(27)35(32(28)29,24-13-6-4-7-14-24)25-15-8-5-9-16-25/h4-23H,1-3H3.